The van der Waals surface area contributed by atoms with Gasteiger partial charge in [-0.05, 0) is 38.8 Å². The van der Waals surface area contributed by atoms with Crippen LogP contribution in [0.4, 0.5) is 0 Å². The monoisotopic (exact) mass is 360 g/mol. The van der Waals surface area contributed by atoms with E-state index >= 15 is 0 Å². The lowest BCUT2D eigenvalue weighted by atomic mass is 10.1. The van der Waals surface area contributed by atoms with Gasteiger partial charge in [-0.2, -0.15) is 0 Å². The van der Waals surface area contributed by atoms with Crippen LogP contribution in [0.25, 0.3) is 0 Å². The lowest BCUT2D eigenvalue weighted by Gasteiger charge is -2.13. The highest BCUT2D eigenvalue weighted by Crippen LogP contribution is 2.21. The van der Waals surface area contributed by atoms with Crippen LogP contribution >= 0.6 is 11.3 Å². The maximum Gasteiger partial charge on any atom is 0.191 e. The standard InChI is InChI=1S/C19H28N4OS/c1-5-9-24-17-10-14(3)7-8-16(17)12-22-19(20-6-2)23-13-18-21-11-15(4)25-18/h7-8,10-11H,5-6,9,12-13H2,1-4H3,(H2,20,22,23). The Bertz CT molecular complexity index is 696. The Hall–Kier alpha value is -2.08. The molecule has 1 aromatic heterocycles. The normalized spacial score (nSPS) is 11.4. The summed E-state index contributed by atoms with van der Waals surface area (Å²) in [6.07, 6.45) is 2.89. The molecule has 0 aliphatic heterocycles. The number of aromatic nitrogens is 1. The van der Waals surface area contributed by atoms with Gasteiger partial charge in [0.05, 0.1) is 19.7 Å². The minimum atomic E-state index is 0.575. The van der Waals surface area contributed by atoms with Crippen molar-refractivity contribution in [1.82, 2.24) is 15.6 Å². The Labute approximate surface area is 154 Å². The van der Waals surface area contributed by atoms with Crippen LogP contribution in [0.5, 0.6) is 5.75 Å². The molecular formula is C19H28N4OS. The molecule has 0 bridgehead atoms. The third-order valence-electron chi connectivity index (χ3n) is 3.51. The molecule has 5 nitrogen and oxygen atoms in total. The molecule has 136 valence electrons. The number of aliphatic imine (C=N–C) groups is 1. The Balaban J connectivity index is 2.04. The zero-order chi connectivity index (χ0) is 18.1. The molecule has 6 heteroatoms. The molecule has 1 heterocycles. The molecule has 0 fully saturated rings. The Kier molecular flexibility index (Phi) is 7.73. The first kappa shape index (κ1) is 19.2. The number of aryl methyl sites for hydroxylation is 2. The van der Waals surface area contributed by atoms with E-state index < -0.39 is 0 Å². The van der Waals surface area contributed by atoms with E-state index in [4.69, 9.17) is 9.73 Å². The SMILES string of the molecule is CCCOc1cc(C)ccc1CN=C(NCC)NCc1ncc(C)s1. The first-order valence-corrected chi connectivity index (χ1v) is 9.59. The summed E-state index contributed by atoms with van der Waals surface area (Å²) >= 11 is 1.70. The lowest BCUT2D eigenvalue weighted by Crippen LogP contribution is -2.36. The first-order chi connectivity index (χ1) is 12.1. The molecule has 0 aliphatic rings. The fourth-order valence-corrected chi connectivity index (χ4v) is 3.01. The number of thiazole rings is 1. The molecule has 0 radical (unpaired) electrons. The molecule has 0 unspecified atom stereocenters. The van der Waals surface area contributed by atoms with Crippen molar-refractivity contribution in [3.63, 3.8) is 0 Å². The molecule has 2 rings (SSSR count). The van der Waals surface area contributed by atoms with E-state index in [1.807, 2.05) is 6.20 Å². The number of nitrogens with zero attached hydrogens (tertiary/aromatic N) is 2. The number of benzene rings is 1. The van der Waals surface area contributed by atoms with Gasteiger partial charge in [0.15, 0.2) is 5.96 Å². The molecule has 0 atom stereocenters. The van der Waals surface area contributed by atoms with Crippen LogP contribution in [0.15, 0.2) is 29.4 Å². The lowest BCUT2D eigenvalue weighted by molar-refractivity contribution is 0.314. The quantitative estimate of drug-likeness (QED) is 0.555. The topological polar surface area (TPSA) is 58.5 Å². The molecule has 0 aliphatic carbocycles. The molecule has 0 amide bonds. The van der Waals surface area contributed by atoms with Crippen LogP contribution in [0.3, 0.4) is 0 Å². The average molecular weight is 361 g/mol. The number of hydrogen-bond donors (Lipinski definition) is 2. The minimum Gasteiger partial charge on any atom is -0.493 e. The van der Waals surface area contributed by atoms with E-state index in [2.05, 4.69) is 61.5 Å². The molecule has 1 aromatic carbocycles. The van der Waals surface area contributed by atoms with Crippen molar-refractivity contribution in [3.8, 4) is 5.75 Å². The van der Waals surface area contributed by atoms with E-state index in [1.54, 1.807) is 11.3 Å². The Morgan fingerprint density at radius 2 is 2.08 bits per heavy atom. The molecule has 0 spiro atoms. The summed E-state index contributed by atoms with van der Waals surface area (Å²) in [7, 11) is 0. The number of rotatable bonds is 8. The minimum absolute atomic E-state index is 0.575. The summed E-state index contributed by atoms with van der Waals surface area (Å²) < 4.78 is 5.87. The predicted octanol–water partition coefficient (Wildman–Crippen LogP) is 3.80. The highest BCUT2D eigenvalue weighted by molar-refractivity contribution is 7.11. The van der Waals surface area contributed by atoms with Crippen LogP contribution in [0.2, 0.25) is 0 Å². The Morgan fingerprint density at radius 3 is 2.76 bits per heavy atom. The van der Waals surface area contributed by atoms with Crippen molar-refractivity contribution in [2.75, 3.05) is 13.2 Å². The van der Waals surface area contributed by atoms with E-state index in [-0.39, 0.29) is 0 Å². The van der Waals surface area contributed by atoms with Crippen molar-refractivity contribution < 1.29 is 4.74 Å². The van der Waals surface area contributed by atoms with Gasteiger partial charge >= 0.3 is 0 Å². The van der Waals surface area contributed by atoms with Crippen LogP contribution in [-0.2, 0) is 13.1 Å². The largest absolute Gasteiger partial charge is 0.493 e. The fraction of sp³-hybridized carbons (Fsp3) is 0.474. The van der Waals surface area contributed by atoms with Gasteiger partial charge in [-0.3, -0.25) is 0 Å². The van der Waals surface area contributed by atoms with Crippen molar-refractivity contribution in [2.24, 2.45) is 4.99 Å². The van der Waals surface area contributed by atoms with E-state index in [1.165, 1.54) is 10.4 Å². The molecule has 0 saturated carbocycles. The third-order valence-corrected chi connectivity index (χ3v) is 4.43. The molecule has 0 saturated heterocycles. The second-order valence-electron chi connectivity index (χ2n) is 5.87. The number of ether oxygens (including phenoxy) is 1. The third kappa shape index (κ3) is 6.38. The summed E-state index contributed by atoms with van der Waals surface area (Å²) in [5.74, 6) is 1.72. The molecule has 2 aromatic rings. The van der Waals surface area contributed by atoms with E-state index in [0.717, 1.165) is 41.9 Å². The number of hydrogen-bond acceptors (Lipinski definition) is 4. The zero-order valence-electron chi connectivity index (χ0n) is 15.6. The van der Waals surface area contributed by atoms with Gasteiger partial charge in [0.1, 0.15) is 10.8 Å². The van der Waals surface area contributed by atoms with E-state index in [9.17, 15) is 0 Å². The summed E-state index contributed by atoms with van der Waals surface area (Å²) in [5.41, 5.74) is 2.30. The Morgan fingerprint density at radius 1 is 1.24 bits per heavy atom. The highest BCUT2D eigenvalue weighted by atomic mass is 32.1. The van der Waals surface area contributed by atoms with Crippen LogP contribution < -0.4 is 15.4 Å². The van der Waals surface area contributed by atoms with Crippen LogP contribution in [0, 0.1) is 13.8 Å². The average Bonchev–Trinajstić information content (AvgIpc) is 3.02. The second kappa shape index (κ2) is 10.0. The van der Waals surface area contributed by atoms with Crippen molar-refractivity contribution in [2.45, 2.75) is 47.2 Å². The maximum absolute atomic E-state index is 5.87. The summed E-state index contributed by atoms with van der Waals surface area (Å²) in [5, 5.41) is 7.68. The van der Waals surface area contributed by atoms with Gasteiger partial charge in [0, 0.05) is 23.2 Å². The highest BCUT2D eigenvalue weighted by Gasteiger charge is 2.06. The van der Waals surface area contributed by atoms with Gasteiger partial charge in [0.25, 0.3) is 0 Å². The molecule has 2 N–H and O–H groups in total. The van der Waals surface area contributed by atoms with Gasteiger partial charge in [-0.15, -0.1) is 11.3 Å². The maximum atomic E-state index is 5.87. The first-order valence-electron chi connectivity index (χ1n) is 8.78. The summed E-state index contributed by atoms with van der Waals surface area (Å²) in [6, 6.07) is 6.28. The molecular weight excluding hydrogens is 332 g/mol. The van der Waals surface area contributed by atoms with Crippen molar-refractivity contribution in [3.05, 3.63) is 45.4 Å². The van der Waals surface area contributed by atoms with E-state index in [0.29, 0.717) is 13.1 Å². The number of guanidine groups is 1. The molecule has 25 heavy (non-hydrogen) atoms. The smallest absolute Gasteiger partial charge is 0.191 e. The predicted molar refractivity (Wildman–Crippen MR) is 105 cm³/mol. The fourth-order valence-electron chi connectivity index (χ4n) is 2.29. The van der Waals surface area contributed by atoms with Gasteiger partial charge < -0.3 is 15.4 Å². The summed E-state index contributed by atoms with van der Waals surface area (Å²) in [4.78, 5) is 10.3. The van der Waals surface area contributed by atoms with Crippen molar-refractivity contribution >= 4 is 17.3 Å². The van der Waals surface area contributed by atoms with Gasteiger partial charge in [0.2, 0.25) is 0 Å². The van der Waals surface area contributed by atoms with Gasteiger partial charge in [-0.25, -0.2) is 9.98 Å². The van der Waals surface area contributed by atoms with Crippen LogP contribution in [0.1, 0.15) is 41.3 Å². The van der Waals surface area contributed by atoms with Gasteiger partial charge in [-0.1, -0.05) is 19.1 Å². The number of nitrogens with one attached hydrogen (secondary N) is 2. The zero-order valence-corrected chi connectivity index (χ0v) is 16.4. The van der Waals surface area contributed by atoms with Crippen molar-refractivity contribution in [1.29, 1.82) is 0 Å². The second-order valence-corrected chi connectivity index (χ2v) is 7.19. The van der Waals surface area contributed by atoms with Crippen LogP contribution in [-0.4, -0.2) is 24.1 Å². The summed E-state index contributed by atoms with van der Waals surface area (Å²) in [6.45, 7) is 11.1.